The molecule has 0 bridgehead atoms. The van der Waals surface area contributed by atoms with Crippen LogP contribution in [0.15, 0.2) is 98.2 Å². The van der Waals surface area contributed by atoms with Gasteiger partial charge >= 0.3 is 0 Å². The van der Waals surface area contributed by atoms with Gasteiger partial charge in [0.25, 0.3) is 0 Å². The maximum absolute atomic E-state index is 5.82. The Labute approximate surface area is 615 Å². The van der Waals surface area contributed by atoms with Gasteiger partial charge in [-0.1, -0.05) is 177 Å². The fraction of sp³-hybridized carbons (Fsp3) is 0.810. The summed E-state index contributed by atoms with van der Waals surface area (Å²) in [6.45, 7) is 95.1. The summed E-state index contributed by atoms with van der Waals surface area (Å²) in [5.74, 6) is 5.59. The first-order valence-electron chi connectivity index (χ1n) is 39.7. The summed E-state index contributed by atoms with van der Waals surface area (Å²) >= 11 is 0. The standard InChI is InChI=1S/C12H24N2.C12H23N.2C11H22N2.2C10H20N2.C9H18N2.C9H17NO/c1-10(2)11(3)14-8-6-12(7-9-14)13(4)5;1-5-12-7-6-8-13(9-12)11(4)10(2)3;1-9(2)10(3)13-7-6-11(8-13)12(4)5;1-9(2)10(3)13-7-5-11(12-4)6-8-13;1-9(2)10(3)12-7-5-11(4)6-8-12;1-8(2)9(3)12-6-4-10(11)5-7-12;1-8(2)9(3)11-6-4-10-5-7-11;1-8(2)9(3)10-4-6-11-7-5-10/h10,12H,3,6-9H2,1-2,4-5H3;10,12H,4-9H2,1-3H3;9,11H,3,6-8H2,1-2,4-5H3;9,11-12H,3,5-8H2,1-2,4H3;9H,3,5-8H2,1-2,4H3;8,10H,3-7,11H2,1-2H3;8,10H,3-7H2,1-2H3;8H,3-7H2,1-2H3. The molecule has 4 N–H and O–H groups in total. The summed E-state index contributed by atoms with van der Waals surface area (Å²) < 4.78 is 5.25. The van der Waals surface area contributed by atoms with Crippen LogP contribution in [0, 0.1) is 53.3 Å². The molecule has 0 aromatic rings. The number of rotatable bonds is 20. The molecule has 8 heterocycles. The minimum absolute atomic E-state index is 0.418. The Hall–Kier alpha value is -3.96. The van der Waals surface area contributed by atoms with Crippen LogP contribution in [0.1, 0.15) is 182 Å². The Morgan fingerprint density at radius 3 is 1.04 bits per heavy atom. The van der Waals surface area contributed by atoms with Crippen molar-refractivity contribution in [3.8, 4) is 0 Å². The number of piperazine rings is 2. The van der Waals surface area contributed by atoms with Crippen LogP contribution in [0.25, 0.3) is 0 Å². The monoisotopic (exact) mass is 1390 g/mol. The molecule has 2 unspecified atom stereocenters. The molecular weight excluding hydrogens is 1220 g/mol. The van der Waals surface area contributed by atoms with Gasteiger partial charge in [-0.25, -0.2) is 0 Å². The van der Waals surface area contributed by atoms with E-state index in [1.165, 1.54) is 156 Å². The summed E-state index contributed by atoms with van der Waals surface area (Å²) in [5.41, 5.74) is 16.1. The minimum Gasteiger partial charge on any atom is -0.378 e. The summed E-state index contributed by atoms with van der Waals surface area (Å²) in [6.07, 6.45) is 12.7. The zero-order chi connectivity index (χ0) is 75.2. The van der Waals surface area contributed by atoms with Crippen LogP contribution in [-0.4, -0.2) is 264 Å². The van der Waals surface area contributed by atoms with Gasteiger partial charge in [-0.05, 0) is 153 Å². The van der Waals surface area contributed by atoms with Gasteiger partial charge in [0.1, 0.15) is 0 Å². The largest absolute Gasteiger partial charge is 0.378 e. The molecule has 8 aliphatic rings. The molecule has 0 aromatic heterocycles. The van der Waals surface area contributed by atoms with E-state index < -0.39 is 0 Å². The molecule has 8 aliphatic heterocycles. The fourth-order valence-electron chi connectivity index (χ4n) is 13.2. The van der Waals surface area contributed by atoms with Gasteiger partial charge in [0.15, 0.2) is 0 Å². The van der Waals surface area contributed by atoms with Gasteiger partial charge in [-0.2, -0.15) is 0 Å². The lowest BCUT2D eigenvalue weighted by Gasteiger charge is -2.38. The van der Waals surface area contributed by atoms with Crippen LogP contribution < -0.4 is 16.4 Å². The van der Waals surface area contributed by atoms with Crippen LogP contribution in [-0.2, 0) is 4.74 Å². The second-order valence-electron chi connectivity index (χ2n) is 32.6. The lowest BCUT2D eigenvalue weighted by Crippen LogP contribution is -2.44. The third kappa shape index (κ3) is 36.8. The highest BCUT2D eigenvalue weighted by Crippen LogP contribution is 2.27. The second kappa shape index (κ2) is 50.4. The quantitative estimate of drug-likeness (QED) is 0.108. The number of morpholine rings is 1. The van der Waals surface area contributed by atoms with Crippen molar-refractivity contribution in [1.29, 1.82) is 0 Å². The Balaban J connectivity index is 0.000000566. The molecule has 15 nitrogen and oxygen atoms in total. The Kier molecular flexibility index (Phi) is 47.4. The Bertz CT molecular complexity index is 2150. The zero-order valence-corrected chi connectivity index (χ0v) is 69.7. The Morgan fingerprint density at radius 1 is 0.394 bits per heavy atom. The molecule has 0 aliphatic carbocycles. The van der Waals surface area contributed by atoms with E-state index in [1.807, 2.05) is 0 Å². The SMILES string of the molecule is C=C(C(C)C)N1CCC(N(C)C)C1.C=C(C(C)C)N1CCC(N(C)C)CC1.C=C(C(C)C)N1CCC(N)CC1.C=C(C(C)C)N1CCC(NC)CC1.C=C(C(C)C)N1CCCC(CC)C1.C=C(C(C)C)N1CCN(C)CC1.C=C(C(C)C)N1CCNCC1.C=C(C(C)C)N1CCOCC1. The highest BCUT2D eigenvalue weighted by atomic mass is 16.5. The number of hydrogen-bond donors (Lipinski definition) is 3. The third-order valence-electron chi connectivity index (χ3n) is 21.8. The number of nitrogens with two attached hydrogens (primary N) is 1. The highest BCUT2D eigenvalue weighted by molar-refractivity contribution is 5.05. The molecule has 0 spiro atoms. The Morgan fingerprint density at radius 2 is 0.697 bits per heavy atom. The van der Waals surface area contributed by atoms with E-state index in [2.05, 4.69) is 277 Å². The number of ether oxygens (including phenoxy) is 1. The number of hydrogen-bond acceptors (Lipinski definition) is 15. The summed E-state index contributed by atoms with van der Waals surface area (Å²) in [4.78, 5) is 26.3. The van der Waals surface area contributed by atoms with Gasteiger partial charge in [-0.3, -0.25) is 0 Å². The molecule has 8 saturated heterocycles. The van der Waals surface area contributed by atoms with E-state index in [-0.39, 0.29) is 0 Å². The van der Waals surface area contributed by atoms with Crippen molar-refractivity contribution < 1.29 is 4.74 Å². The van der Waals surface area contributed by atoms with Gasteiger partial charge < -0.3 is 75.0 Å². The van der Waals surface area contributed by atoms with Crippen molar-refractivity contribution in [2.24, 2.45) is 59.0 Å². The van der Waals surface area contributed by atoms with Gasteiger partial charge in [0.05, 0.1) is 13.2 Å². The van der Waals surface area contributed by atoms with E-state index >= 15 is 0 Å². The van der Waals surface area contributed by atoms with E-state index in [0.717, 1.165) is 122 Å². The van der Waals surface area contributed by atoms with Gasteiger partial charge in [0, 0.05) is 201 Å². The molecule has 578 valence electrons. The van der Waals surface area contributed by atoms with Crippen molar-refractivity contribution >= 4 is 0 Å². The lowest BCUT2D eigenvalue weighted by atomic mass is 9.94. The average molecular weight is 1390 g/mol. The maximum Gasteiger partial charge on any atom is 0.0642 e. The summed E-state index contributed by atoms with van der Waals surface area (Å²) in [6, 6.07) is 2.62. The molecular formula is C84H166N14O. The molecule has 8 fully saturated rings. The molecule has 99 heavy (non-hydrogen) atoms. The van der Waals surface area contributed by atoms with E-state index in [9.17, 15) is 0 Å². The highest BCUT2D eigenvalue weighted by Gasteiger charge is 2.27. The van der Waals surface area contributed by atoms with Gasteiger partial charge in [0.2, 0.25) is 0 Å². The van der Waals surface area contributed by atoms with Crippen LogP contribution >= 0.6 is 0 Å². The maximum atomic E-state index is 5.82. The molecule has 0 saturated carbocycles. The third-order valence-corrected chi connectivity index (χ3v) is 21.8. The number of likely N-dealkylation sites (tertiary alicyclic amines) is 5. The zero-order valence-electron chi connectivity index (χ0n) is 69.7. The molecule has 0 amide bonds. The van der Waals surface area contributed by atoms with Crippen molar-refractivity contribution in [2.45, 2.75) is 206 Å². The van der Waals surface area contributed by atoms with E-state index in [1.54, 1.807) is 0 Å². The predicted octanol–water partition coefficient (Wildman–Crippen LogP) is 14.6. The van der Waals surface area contributed by atoms with Crippen molar-refractivity contribution in [3.05, 3.63) is 98.2 Å². The topological polar surface area (TPSA) is 95.0 Å². The lowest BCUT2D eigenvalue weighted by molar-refractivity contribution is 0.0499. The number of likely N-dealkylation sites (N-methyl/N-ethyl adjacent to an activating group) is 2. The second-order valence-corrected chi connectivity index (χ2v) is 32.6. The first kappa shape index (κ1) is 93.1. The van der Waals surface area contributed by atoms with E-state index in [0.29, 0.717) is 53.4 Å². The smallest absolute Gasteiger partial charge is 0.0642 e. The molecule has 0 aromatic carbocycles. The van der Waals surface area contributed by atoms with Crippen molar-refractivity contribution in [3.63, 3.8) is 0 Å². The minimum atomic E-state index is 0.418. The van der Waals surface area contributed by atoms with Gasteiger partial charge in [-0.15, -0.1) is 0 Å². The predicted molar refractivity (Wildman–Crippen MR) is 437 cm³/mol. The first-order chi connectivity index (χ1) is 46.5. The first-order valence-corrected chi connectivity index (χ1v) is 39.7. The molecule has 0 radical (unpaired) electrons. The van der Waals surface area contributed by atoms with Crippen LogP contribution in [0.2, 0.25) is 0 Å². The molecule has 15 heteroatoms. The van der Waals surface area contributed by atoms with E-state index in [4.69, 9.17) is 10.5 Å². The number of allylic oxidation sites excluding steroid dienone is 8. The van der Waals surface area contributed by atoms with Crippen LogP contribution in [0.3, 0.4) is 0 Å². The fourth-order valence-corrected chi connectivity index (χ4v) is 13.2. The number of nitrogens with zero attached hydrogens (tertiary/aromatic N) is 11. The van der Waals surface area contributed by atoms with Crippen molar-refractivity contribution in [1.82, 2.24) is 64.5 Å². The van der Waals surface area contributed by atoms with Crippen LogP contribution in [0.4, 0.5) is 0 Å². The number of piperidine rings is 4. The van der Waals surface area contributed by atoms with Crippen molar-refractivity contribution in [2.75, 3.05) is 186 Å². The normalized spacial score (nSPS) is 20.6. The summed E-state index contributed by atoms with van der Waals surface area (Å²) in [5, 5.41) is 6.66. The average Bonchev–Trinajstić information content (AvgIpc) is 1.32. The van der Waals surface area contributed by atoms with Crippen LogP contribution in [0.5, 0.6) is 0 Å². The number of nitrogens with one attached hydrogen (secondary N) is 2. The molecule has 2 atom stereocenters. The summed E-state index contributed by atoms with van der Waals surface area (Å²) in [7, 11) is 12.9. The molecule has 8 rings (SSSR count).